The van der Waals surface area contributed by atoms with Crippen molar-refractivity contribution in [2.24, 2.45) is 0 Å². The van der Waals surface area contributed by atoms with Gasteiger partial charge in [0.15, 0.2) is 0 Å². The second-order valence-corrected chi connectivity index (χ2v) is 8.09. The molecule has 1 aliphatic carbocycles. The summed E-state index contributed by atoms with van der Waals surface area (Å²) in [6.07, 6.45) is 3.87. The van der Waals surface area contributed by atoms with Gasteiger partial charge in [-0.25, -0.2) is 9.97 Å². The first-order chi connectivity index (χ1) is 13.3. The summed E-state index contributed by atoms with van der Waals surface area (Å²) in [5.74, 6) is 2.49. The third kappa shape index (κ3) is 5.13. The van der Waals surface area contributed by atoms with Crippen LogP contribution in [0.25, 0.3) is 0 Å². The van der Waals surface area contributed by atoms with Crippen LogP contribution >= 0.6 is 11.6 Å². The standard InChI is InChI=1S/C21H28ClN5O/c1-13-11-15(5-10-18(13)22)21(28)26-17-8-6-16(7-9-17)25-19-12-20(27(3)4)24-14(2)23-19/h5,10-12,16-17H,6-9H2,1-4H3,(H,26,28)(H,23,24,25)/t16-,17+. The molecule has 1 fully saturated rings. The Labute approximate surface area is 171 Å². The molecule has 1 aliphatic rings. The Balaban J connectivity index is 1.53. The Kier molecular flexibility index (Phi) is 6.39. The maximum absolute atomic E-state index is 12.5. The highest BCUT2D eigenvalue weighted by Crippen LogP contribution is 2.24. The number of aromatic nitrogens is 2. The summed E-state index contributed by atoms with van der Waals surface area (Å²) < 4.78 is 0. The average molecular weight is 402 g/mol. The predicted molar refractivity (Wildman–Crippen MR) is 114 cm³/mol. The van der Waals surface area contributed by atoms with Crippen LogP contribution in [0.3, 0.4) is 0 Å². The summed E-state index contributed by atoms with van der Waals surface area (Å²) in [7, 11) is 3.95. The van der Waals surface area contributed by atoms with Crippen LogP contribution in [0.15, 0.2) is 24.3 Å². The maximum atomic E-state index is 12.5. The lowest BCUT2D eigenvalue weighted by molar-refractivity contribution is 0.0926. The number of hydrogen-bond donors (Lipinski definition) is 2. The number of anilines is 2. The highest BCUT2D eigenvalue weighted by molar-refractivity contribution is 6.31. The number of nitrogens with zero attached hydrogens (tertiary/aromatic N) is 3. The lowest BCUT2D eigenvalue weighted by Crippen LogP contribution is -2.40. The normalized spacial score (nSPS) is 19.2. The number of carbonyl (C=O) groups is 1. The van der Waals surface area contributed by atoms with Crippen molar-refractivity contribution < 1.29 is 4.79 Å². The minimum absolute atomic E-state index is 0.0294. The van der Waals surface area contributed by atoms with Crippen molar-refractivity contribution in [2.75, 3.05) is 24.3 Å². The van der Waals surface area contributed by atoms with E-state index in [-0.39, 0.29) is 11.9 Å². The van der Waals surface area contributed by atoms with Crippen molar-refractivity contribution in [1.82, 2.24) is 15.3 Å². The van der Waals surface area contributed by atoms with Gasteiger partial charge in [0.05, 0.1) is 0 Å². The molecule has 3 rings (SSSR count). The van der Waals surface area contributed by atoms with Gasteiger partial charge in [-0.15, -0.1) is 0 Å². The molecule has 2 N–H and O–H groups in total. The molecule has 0 spiro atoms. The van der Waals surface area contributed by atoms with Crippen LogP contribution in [0.4, 0.5) is 11.6 Å². The van der Waals surface area contributed by atoms with E-state index < -0.39 is 0 Å². The fourth-order valence-corrected chi connectivity index (χ4v) is 3.62. The van der Waals surface area contributed by atoms with Gasteiger partial charge >= 0.3 is 0 Å². The van der Waals surface area contributed by atoms with Crippen molar-refractivity contribution in [3.63, 3.8) is 0 Å². The molecule has 1 amide bonds. The largest absolute Gasteiger partial charge is 0.367 e. The monoisotopic (exact) mass is 401 g/mol. The fraction of sp³-hybridized carbons (Fsp3) is 0.476. The molecule has 2 aromatic rings. The van der Waals surface area contributed by atoms with Gasteiger partial charge in [-0.05, 0) is 63.3 Å². The molecular formula is C21H28ClN5O. The smallest absolute Gasteiger partial charge is 0.251 e. The summed E-state index contributed by atoms with van der Waals surface area (Å²) in [5, 5.41) is 7.37. The fourth-order valence-electron chi connectivity index (χ4n) is 3.50. The number of amides is 1. The van der Waals surface area contributed by atoms with Crippen molar-refractivity contribution >= 4 is 29.1 Å². The third-order valence-corrected chi connectivity index (χ3v) is 5.54. The zero-order valence-corrected chi connectivity index (χ0v) is 17.7. The van der Waals surface area contributed by atoms with Gasteiger partial charge in [0.1, 0.15) is 17.5 Å². The molecule has 0 unspecified atom stereocenters. The zero-order chi connectivity index (χ0) is 20.3. The molecule has 1 heterocycles. The van der Waals surface area contributed by atoms with E-state index in [0.717, 1.165) is 48.7 Å². The zero-order valence-electron chi connectivity index (χ0n) is 16.9. The van der Waals surface area contributed by atoms with Crippen LogP contribution in [-0.4, -0.2) is 42.1 Å². The van der Waals surface area contributed by atoms with Crippen molar-refractivity contribution in [3.05, 3.63) is 46.2 Å². The van der Waals surface area contributed by atoms with E-state index >= 15 is 0 Å². The molecule has 0 atom stereocenters. The molecular weight excluding hydrogens is 374 g/mol. The molecule has 0 saturated heterocycles. The van der Waals surface area contributed by atoms with Gasteiger partial charge in [0, 0.05) is 42.8 Å². The molecule has 1 aromatic heterocycles. The number of nitrogens with one attached hydrogen (secondary N) is 2. The van der Waals surface area contributed by atoms with Crippen molar-refractivity contribution in [3.8, 4) is 0 Å². The van der Waals surface area contributed by atoms with E-state index in [2.05, 4.69) is 20.6 Å². The minimum Gasteiger partial charge on any atom is -0.367 e. The van der Waals surface area contributed by atoms with Crippen LogP contribution < -0.4 is 15.5 Å². The first-order valence-corrected chi connectivity index (χ1v) is 10.1. The molecule has 0 bridgehead atoms. The molecule has 6 nitrogen and oxygen atoms in total. The van der Waals surface area contributed by atoms with Crippen molar-refractivity contribution in [2.45, 2.75) is 51.6 Å². The minimum atomic E-state index is -0.0294. The van der Waals surface area contributed by atoms with Crippen LogP contribution in [0.5, 0.6) is 0 Å². The quantitative estimate of drug-likeness (QED) is 0.793. The number of benzene rings is 1. The topological polar surface area (TPSA) is 70.2 Å². The highest BCUT2D eigenvalue weighted by atomic mass is 35.5. The van der Waals surface area contributed by atoms with E-state index in [1.54, 1.807) is 12.1 Å². The molecule has 0 aliphatic heterocycles. The third-order valence-electron chi connectivity index (χ3n) is 5.12. The summed E-state index contributed by atoms with van der Waals surface area (Å²) >= 11 is 6.05. The lowest BCUT2D eigenvalue weighted by Gasteiger charge is -2.30. The second-order valence-electron chi connectivity index (χ2n) is 7.68. The molecule has 1 saturated carbocycles. The van der Waals surface area contributed by atoms with Gasteiger partial charge in [-0.3, -0.25) is 4.79 Å². The summed E-state index contributed by atoms with van der Waals surface area (Å²) in [4.78, 5) is 23.4. The van der Waals surface area contributed by atoms with E-state index in [4.69, 9.17) is 11.6 Å². The Morgan fingerprint density at radius 1 is 1.07 bits per heavy atom. The Bertz CT molecular complexity index is 847. The van der Waals surface area contributed by atoms with Gasteiger partial charge < -0.3 is 15.5 Å². The number of halogens is 1. The second kappa shape index (κ2) is 8.78. The van der Waals surface area contributed by atoms with Crippen LogP contribution in [0.1, 0.15) is 47.4 Å². The predicted octanol–water partition coefficient (Wildman–Crippen LogP) is 3.97. The van der Waals surface area contributed by atoms with Gasteiger partial charge in [-0.1, -0.05) is 11.6 Å². The Morgan fingerprint density at radius 3 is 2.39 bits per heavy atom. The number of carbonyl (C=O) groups excluding carboxylic acids is 1. The van der Waals surface area contributed by atoms with E-state index in [0.29, 0.717) is 16.6 Å². The Hall–Kier alpha value is -2.34. The summed E-state index contributed by atoms with van der Waals surface area (Å²) in [5.41, 5.74) is 1.58. The first kappa shape index (κ1) is 20.4. The molecule has 7 heteroatoms. The van der Waals surface area contributed by atoms with Crippen LogP contribution in [0, 0.1) is 13.8 Å². The maximum Gasteiger partial charge on any atom is 0.251 e. The molecule has 1 aromatic carbocycles. The van der Waals surface area contributed by atoms with Gasteiger partial charge in [0.2, 0.25) is 0 Å². The lowest BCUT2D eigenvalue weighted by atomic mass is 9.91. The molecule has 150 valence electrons. The molecule has 0 radical (unpaired) electrons. The van der Waals surface area contributed by atoms with E-state index in [1.165, 1.54) is 0 Å². The molecule has 28 heavy (non-hydrogen) atoms. The van der Waals surface area contributed by atoms with Crippen LogP contribution in [-0.2, 0) is 0 Å². The van der Waals surface area contributed by atoms with Crippen LogP contribution in [0.2, 0.25) is 5.02 Å². The van der Waals surface area contributed by atoms with Crippen molar-refractivity contribution in [1.29, 1.82) is 0 Å². The SMILES string of the molecule is Cc1nc(N[C@H]2CC[C@@H](NC(=O)c3ccc(Cl)c(C)c3)CC2)cc(N(C)C)n1. The van der Waals surface area contributed by atoms with Gasteiger partial charge in [-0.2, -0.15) is 0 Å². The first-order valence-electron chi connectivity index (χ1n) is 9.68. The average Bonchev–Trinajstić information content (AvgIpc) is 2.65. The highest BCUT2D eigenvalue weighted by Gasteiger charge is 2.23. The Morgan fingerprint density at radius 2 is 1.75 bits per heavy atom. The number of hydrogen-bond acceptors (Lipinski definition) is 5. The van der Waals surface area contributed by atoms with E-state index in [9.17, 15) is 4.79 Å². The number of rotatable bonds is 5. The summed E-state index contributed by atoms with van der Waals surface area (Å²) in [6.45, 7) is 3.82. The van der Waals surface area contributed by atoms with E-state index in [1.807, 2.05) is 45.0 Å². The van der Waals surface area contributed by atoms with Gasteiger partial charge in [0.25, 0.3) is 5.91 Å². The summed E-state index contributed by atoms with van der Waals surface area (Å²) in [6, 6.07) is 7.92. The number of aryl methyl sites for hydroxylation is 2.